The van der Waals surface area contributed by atoms with Gasteiger partial charge in [-0.3, -0.25) is 0 Å². The lowest BCUT2D eigenvalue weighted by Gasteiger charge is -1.97. The van der Waals surface area contributed by atoms with Gasteiger partial charge in [0.25, 0.3) is 0 Å². The molecule has 0 aliphatic rings. The van der Waals surface area contributed by atoms with Gasteiger partial charge in [0.05, 0.1) is 4.88 Å². The Morgan fingerprint density at radius 1 is 1.32 bits per heavy atom. The number of carboxylic acids is 1. The van der Waals surface area contributed by atoms with Crippen LogP contribution < -0.4 is 5.14 Å². The summed E-state index contributed by atoms with van der Waals surface area (Å²) in [5.74, 6) is -1.67. The molecular formula is C11H10N2O4S2. The Morgan fingerprint density at radius 3 is 2.47 bits per heavy atom. The molecule has 0 saturated carbocycles. The van der Waals surface area contributed by atoms with Gasteiger partial charge in [-0.15, -0.1) is 11.3 Å². The van der Waals surface area contributed by atoms with Crippen LogP contribution in [0.25, 0.3) is 10.4 Å². The zero-order chi connectivity index (χ0) is 14.0. The third-order valence-electron chi connectivity index (χ3n) is 2.23. The van der Waals surface area contributed by atoms with E-state index in [-0.39, 0.29) is 10.7 Å². The number of carbonyl (C=O) groups is 1. The molecule has 100 valence electrons. The highest BCUT2D eigenvalue weighted by Crippen LogP contribution is 2.30. The topological polar surface area (TPSA) is 110 Å². The summed E-state index contributed by atoms with van der Waals surface area (Å²) in [5.41, 5.74) is 0.521. The van der Waals surface area contributed by atoms with E-state index in [1.807, 2.05) is 0 Å². The Morgan fingerprint density at radius 2 is 1.95 bits per heavy atom. The van der Waals surface area contributed by atoms with Crippen LogP contribution in [0.1, 0.15) is 15.5 Å². The van der Waals surface area contributed by atoms with Crippen molar-refractivity contribution in [2.75, 3.05) is 0 Å². The number of hydrogen-bond acceptors (Lipinski definition) is 5. The smallest absolute Gasteiger partial charge is 0.356 e. The van der Waals surface area contributed by atoms with E-state index in [2.05, 4.69) is 4.98 Å². The highest BCUT2D eigenvalue weighted by atomic mass is 32.2. The molecule has 0 amide bonds. The van der Waals surface area contributed by atoms with Crippen molar-refractivity contribution in [1.82, 2.24) is 4.98 Å². The summed E-state index contributed by atoms with van der Waals surface area (Å²) < 4.78 is 22.0. The van der Waals surface area contributed by atoms with E-state index in [4.69, 9.17) is 10.2 Å². The molecule has 0 aliphatic carbocycles. The van der Waals surface area contributed by atoms with Gasteiger partial charge in [-0.25, -0.2) is 23.3 Å². The minimum absolute atomic E-state index is 0.158. The van der Waals surface area contributed by atoms with Crippen LogP contribution >= 0.6 is 11.3 Å². The van der Waals surface area contributed by atoms with Crippen LogP contribution in [0, 0.1) is 0 Å². The van der Waals surface area contributed by atoms with E-state index >= 15 is 0 Å². The summed E-state index contributed by atoms with van der Waals surface area (Å²) >= 11 is 1.02. The second-order valence-electron chi connectivity index (χ2n) is 3.76. The number of hydrogen-bond donors (Lipinski definition) is 2. The molecule has 0 saturated heterocycles. The molecule has 0 bridgehead atoms. The molecule has 0 radical (unpaired) electrons. The van der Waals surface area contributed by atoms with Crippen LogP contribution in [0.3, 0.4) is 0 Å². The zero-order valence-corrected chi connectivity index (χ0v) is 11.2. The first-order valence-electron chi connectivity index (χ1n) is 5.16. The molecule has 2 rings (SSSR count). The Bertz CT molecular complexity index is 708. The van der Waals surface area contributed by atoms with E-state index in [9.17, 15) is 13.2 Å². The van der Waals surface area contributed by atoms with Gasteiger partial charge in [-0.1, -0.05) is 30.3 Å². The SMILES string of the molecule is NS(=O)(=O)Cc1nc(C(=O)O)c(-c2ccccc2)s1. The Balaban J connectivity index is 2.51. The van der Waals surface area contributed by atoms with Crippen LogP contribution in [-0.2, 0) is 15.8 Å². The van der Waals surface area contributed by atoms with Crippen molar-refractivity contribution in [2.45, 2.75) is 5.75 Å². The van der Waals surface area contributed by atoms with Gasteiger partial charge >= 0.3 is 5.97 Å². The molecule has 1 aromatic carbocycles. The molecule has 0 spiro atoms. The van der Waals surface area contributed by atoms with E-state index in [1.165, 1.54) is 0 Å². The first-order valence-corrected chi connectivity index (χ1v) is 7.69. The average Bonchev–Trinajstić information content (AvgIpc) is 2.72. The Kier molecular flexibility index (Phi) is 3.65. The Hall–Kier alpha value is -1.77. The lowest BCUT2D eigenvalue weighted by atomic mass is 10.1. The summed E-state index contributed by atoms with van der Waals surface area (Å²) in [7, 11) is -3.73. The summed E-state index contributed by atoms with van der Waals surface area (Å²) in [6.45, 7) is 0. The number of sulfonamides is 1. The summed E-state index contributed by atoms with van der Waals surface area (Å²) in [6, 6.07) is 8.80. The number of primary sulfonamides is 1. The first kappa shape index (κ1) is 13.7. The summed E-state index contributed by atoms with van der Waals surface area (Å²) in [6.07, 6.45) is 0. The van der Waals surface area contributed by atoms with Gasteiger partial charge in [0.2, 0.25) is 10.0 Å². The number of rotatable bonds is 4. The second kappa shape index (κ2) is 5.08. The predicted octanol–water partition coefficient (Wildman–Crippen LogP) is 1.30. The maximum absolute atomic E-state index is 11.1. The van der Waals surface area contributed by atoms with Gasteiger partial charge in [0.15, 0.2) is 5.69 Å². The fraction of sp³-hybridized carbons (Fsp3) is 0.0909. The maximum atomic E-state index is 11.1. The van der Waals surface area contributed by atoms with Crippen LogP contribution in [0.5, 0.6) is 0 Å². The summed E-state index contributed by atoms with van der Waals surface area (Å²) in [5, 5.41) is 14.2. The van der Waals surface area contributed by atoms with Gasteiger partial charge in [-0.2, -0.15) is 0 Å². The van der Waals surface area contributed by atoms with Crippen molar-refractivity contribution in [1.29, 1.82) is 0 Å². The normalized spacial score (nSPS) is 11.4. The van der Waals surface area contributed by atoms with Gasteiger partial charge in [0, 0.05) is 0 Å². The third-order valence-corrected chi connectivity index (χ3v) is 4.20. The van der Waals surface area contributed by atoms with E-state index < -0.39 is 21.7 Å². The highest BCUT2D eigenvalue weighted by Gasteiger charge is 2.20. The van der Waals surface area contributed by atoms with Crippen LogP contribution in [0.2, 0.25) is 0 Å². The molecule has 0 unspecified atom stereocenters. The lowest BCUT2D eigenvalue weighted by Crippen LogP contribution is -2.14. The minimum atomic E-state index is -3.73. The number of aromatic carboxylic acids is 1. The number of benzene rings is 1. The van der Waals surface area contributed by atoms with Crippen molar-refractivity contribution in [2.24, 2.45) is 5.14 Å². The van der Waals surface area contributed by atoms with Crippen molar-refractivity contribution in [3.05, 3.63) is 41.0 Å². The maximum Gasteiger partial charge on any atom is 0.356 e. The molecule has 0 aliphatic heterocycles. The van der Waals surface area contributed by atoms with E-state index in [1.54, 1.807) is 30.3 Å². The fourth-order valence-electron chi connectivity index (χ4n) is 1.53. The van der Waals surface area contributed by atoms with E-state index in [0.717, 1.165) is 11.3 Å². The first-order chi connectivity index (χ1) is 8.87. The van der Waals surface area contributed by atoms with Crippen molar-refractivity contribution in [3.63, 3.8) is 0 Å². The second-order valence-corrected chi connectivity index (χ2v) is 6.46. The van der Waals surface area contributed by atoms with E-state index in [0.29, 0.717) is 10.4 Å². The molecule has 1 aromatic heterocycles. The van der Waals surface area contributed by atoms with Gasteiger partial charge in [-0.05, 0) is 5.56 Å². The van der Waals surface area contributed by atoms with Crippen molar-refractivity contribution < 1.29 is 18.3 Å². The van der Waals surface area contributed by atoms with Crippen LogP contribution in [-0.4, -0.2) is 24.5 Å². The molecule has 19 heavy (non-hydrogen) atoms. The van der Waals surface area contributed by atoms with Crippen molar-refractivity contribution >= 4 is 27.3 Å². The minimum Gasteiger partial charge on any atom is -0.476 e. The standard InChI is InChI=1S/C11H10N2O4S2/c12-19(16,17)6-8-13-9(11(14)15)10(18-8)7-4-2-1-3-5-7/h1-5H,6H2,(H,14,15)(H2,12,16,17). The number of thiazole rings is 1. The number of aromatic nitrogens is 1. The molecule has 3 N–H and O–H groups in total. The molecule has 6 nitrogen and oxygen atoms in total. The van der Waals surface area contributed by atoms with Gasteiger partial charge in [0.1, 0.15) is 10.8 Å². The Labute approximate surface area is 113 Å². The molecular weight excluding hydrogens is 288 g/mol. The average molecular weight is 298 g/mol. The van der Waals surface area contributed by atoms with Crippen LogP contribution in [0.15, 0.2) is 30.3 Å². The third kappa shape index (κ3) is 3.37. The molecule has 8 heteroatoms. The zero-order valence-electron chi connectivity index (χ0n) is 9.61. The monoisotopic (exact) mass is 298 g/mol. The molecule has 0 fully saturated rings. The summed E-state index contributed by atoms with van der Waals surface area (Å²) in [4.78, 5) is 15.4. The van der Waals surface area contributed by atoms with Gasteiger partial charge < -0.3 is 5.11 Å². The highest BCUT2D eigenvalue weighted by molar-refractivity contribution is 7.88. The van der Waals surface area contributed by atoms with Crippen LogP contribution in [0.4, 0.5) is 0 Å². The quantitative estimate of drug-likeness (QED) is 0.883. The fourth-order valence-corrected chi connectivity index (χ4v) is 3.52. The van der Waals surface area contributed by atoms with Crippen molar-refractivity contribution in [3.8, 4) is 10.4 Å². The largest absolute Gasteiger partial charge is 0.476 e. The predicted molar refractivity (Wildman–Crippen MR) is 71.3 cm³/mol. The molecule has 1 heterocycles. The number of carboxylic acid groups (broad SMARTS) is 1. The molecule has 0 atom stereocenters. The molecule has 2 aromatic rings. The number of nitrogens with two attached hydrogens (primary N) is 1. The lowest BCUT2D eigenvalue weighted by molar-refractivity contribution is 0.0692. The number of nitrogens with zero attached hydrogens (tertiary/aromatic N) is 1.